The van der Waals surface area contributed by atoms with Crippen LogP contribution in [0.1, 0.15) is 86.5 Å². The summed E-state index contributed by atoms with van der Waals surface area (Å²) >= 11 is 0. The lowest BCUT2D eigenvalue weighted by Gasteiger charge is -2.32. The molecule has 346 valence electrons. The van der Waals surface area contributed by atoms with E-state index < -0.39 is 127 Å². The molecule has 2 rings (SSSR count). The Kier molecular flexibility index (Phi) is 21.5. The molecule has 0 spiro atoms. The van der Waals surface area contributed by atoms with Gasteiger partial charge in [0.05, 0.1) is 32.4 Å². The molecule has 0 aromatic carbocycles. The van der Waals surface area contributed by atoms with E-state index in [4.69, 9.17) is 5.73 Å². The van der Waals surface area contributed by atoms with Crippen molar-refractivity contribution >= 4 is 53.2 Å². The van der Waals surface area contributed by atoms with E-state index in [9.17, 15) is 63.6 Å². The first kappa shape index (κ1) is 52.2. The van der Waals surface area contributed by atoms with Crippen LogP contribution in [0.25, 0.3) is 0 Å². The van der Waals surface area contributed by atoms with Gasteiger partial charge in [0, 0.05) is 13.1 Å². The molecule has 9 atom stereocenters. The Morgan fingerprint density at radius 3 is 1.54 bits per heavy atom. The SMILES string of the molecule is CC[C@H](C)[C@H](NC(=O)[C@H](CO)NC(=O)[C@H](CO)NC(=O)[C@H](CO)NC(=O)[C@H](CC(C)C)NC(=O)[C@@H]1CCCN1C(=O)[C@@H]1CCCN1C(=O)CNC(=O)[C@@H](N)CC(C)C)C(=O)O. The summed E-state index contributed by atoms with van der Waals surface area (Å²) in [5, 5.41) is 53.3. The first-order valence-corrected chi connectivity index (χ1v) is 20.9. The van der Waals surface area contributed by atoms with Crippen LogP contribution < -0.4 is 37.6 Å². The van der Waals surface area contributed by atoms with E-state index in [1.54, 1.807) is 27.7 Å². The summed E-state index contributed by atoms with van der Waals surface area (Å²) in [6, 6.07) is -10.3. The first-order valence-electron chi connectivity index (χ1n) is 20.9. The maximum atomic E-state index is 13.9. The number of hydrogen-bond donors (Lipinski definition) is 11. The standard InChI is InChI=1S/C39H67N9O13/c1-7-22(6)31(39(60)61)46-36(57)27(19-51)45-35(56)26(18-50)44-34(55)25(17-49)43-33(54)24(15-21(4)5)42-37(58)28-10-8-13-48(28)38(59)29-11-9-12-47(29)30(52)16-41-32(53)23(40)14-20(2)3/h20-29,31,49-51H,7-19,40H2,1-6H3,(H,41,53)(H,42,58)(H,43,54)(H,44,55)(H,45,56)(H,46,57)(H,60,61)/t22-,23-,24-,25-,26-,27-,28-,29-,31-/m0/s1. The molecule has 2 saturated heterocycles. The predicted molar refractivity (Wildman–Crippen MR) is 217 cm³/mol. The number of carboxylic acids is 1. The Labute approximate surface area is 355 Å². The van der Waals surface area contributed by atoms with Gasteiger partial charge in [0.15, 0.2) is 0 Å². The number of aliphatic hydroxyl groups is 3. The third-order valence-corrected chi connectivity index (χ3v) is 10.7. The zero-order chi connectivity index (χ0) is 46.1. The van der Waals surface area contributed by atoms with E-state index in [0.717, 1.165) is 0 Å². The molecule has 61 heavy (non-hydrogen) atoms. The normalized spacial score (nSPS) is 19.8. The Hall–Kier alpha value is -4.93. The number of carbonyl (C=O) groups excluding carboxylic acids is 8. The van der Waals surface area contributed by atoms with Gasteiger partial charge in [-0.2, -0.15) is 0 Å². The fraction of sp³-hybridized carbons (Fsp3) is 0.769. The Balaban J connectivity index is 2.10. The molecule has 0 aliphatic carbocycles. The van der Waals surface area contributed by atoms with Gasteiger partial charge in [-0.1, -0.05) is 48.0 Å². The molecular weight excluding hydrogens is 802 g/mol. The second kappa shape index (κ2) is 25.1. The molecule has 0 bridgehead atoms. The minimum absolute atomic E-state index is 0.0709. The van der Waals surface area contributed by atoms with Crippen molar-refractivity contribution in [2.75, 3.05) is 39.5 Å². The van der Waals surface area contributed by atoms with Crippen molar-refractivity contribution in [3.63, 3.8) is 0 Å². The second-order valence-corrected chi connectivity index (χ2v) is 16.5. The number of carboxylic acid groups (broad SMARTS) is 1. The Morgan fingerprint density at radius 1 is 0.623 bits per heavy atom. The third kappa shape index (κ3) is 15.5. The number of nitrogens with zero attached hydrogens (tertiary/aromatic N) is 2. The molecule has 12 N–H and O–H groups in total. The highest BCUT2D eigenvalue weighted by molar-refractivity contribution is 5.98. The number of nitrogens with one attached hydrogen (secondary N) is 6. The zero-order valence-corrected chi connectivity index (χ0v) is 36.0. The van der Waals surface area contributed by atoms with E-state index in [0.29, 0.717) is 32.1 Å². The average Bonchev–Trinajstić information content (AvgIpc) is 3.91. The van der Waals surface area contributed by atoms with Crippen molar-refractivity contribution < 1.29 is 63.6 Å². The van der Waals surface area contributed by atoms with Crippen molar-refractivity contribution in [2.45, 2.75) is 135 Å². The molecule has 8 amide bonds. The predicted octanol–water partition coefficient (Wildman–Crippen LogP) is -3.96. The van der Waals surface area contributed by atoms with Gasteiger partial charge in [-0.3, -0.25) is 38.4 Å². The molecule has 0 aromatic heterocycles. The molecule has 2 aliphatic rings. The highest BCUT2D eigenvalue weighted by Crippen LogP contribution is 2.25. The van der Waals surface area contributed by atoms with Gasteiger partial charge in [0.1, 0.15) is 42.3 Å². The molecule has 2 aliphatic heterocycles. The highest BCUT2D eigenvalue weighted by Gasteiger charge is 2.43. The first-order chi connectivity index (χ1) is 28.7. The van der Waals surface area contributed by atoms with Gasteiger partial charge < -0.3 is 67.9 Å². The van der Waals surface area contributed by atoms with Crippen LogP contribution in [0.3, 0.4) is 0 Å². The summed E-state index contributed by atoms with van der Waals surface area (Å²) in [6.07, 6.45) is 2.50. The molecule has 0 saturated carbocycles. The number of hydrogen-bond acceptors (Lipinski definition) is 13. The van der Waals surface area contributed by atoms with Crippen molar-refractivity contribution in [1.82, 2.24) is 41.7 Å². The number of carbonyl (C=O) groups is 9. The van der Waals surface area contributed by atoms with Crippen LogP contribution in [0.2, 0.25) is 0 Å². The number of aliphatic carboxylic acids is 1. The second-order valence-electron chi connectivity index (χ2n) is 16.5. The van der Waals surface area contributed by atoms with Gasteiger partial charge in [0.2, 0.25) is 47.3 Å². The van der Waals surface area contributed by atoms with Crippen LogP contribution >= 0.6 is 0 Å². The maximum absolute atomic E-state index is 13.9. The number of amides is 8. The molecule has 0 unspecified atom stereocenters. The van der Waals surface area contributed by atoms with Crippen LogP contribution in [-0.2, 0) is 43.2 Å². The van der Waals surface area contributed by atoms with Crippen molar-refractivity contribution in [1.29, 1.82) is 0 Å². The zero-order valence-electron chi connectivity index (χ0n) is 36.0. The quantitative estimate of drug-likeness (QED) is 0.0441. The van der Waals surface area contributed by atoms with Gasteiger partial charge in [-0.05, 0) is 56.3 Å². The van der Waals surface area contributed by atoms with Gasteiger partial charge in [-0.25, -0.2) is 4.79 Å². The van der Waals surface area contributed by atoms with E-state index in [1.165, 1.54) is 9.80 Å². The minimum atomic E-state index is -1.75. The lowest BCUT2D eigenvalue weighted by Crippen LogP contribution is -2.61. The lowest BCUT2D eigenvalue weighted by atomic mass is 9.99. The van der Waals surface area contributed by atoms with Crippen LogP contribution in [-0.4, -0.2) is 171 Å². The smallest absolute Gasteiger partial charge is 0.326 e. The van der Waals surface area contributed by atoms with Crippen molar-refractivity contribution in [2.24, 2.45) is 23.5 Å². The van der Waals surface area contributed by atoms with Crippen molar-refractivity contribution in [3.8, 4) is 0 Å². The number of rotatable bonds is 24. The van der Waals surface area contributed by atoms with Crippen LogP contribution in [0, 0.1) is 17.8 Å². The molecule has 22 heteroatoms. The molecule has 2 heterocycles. The molecule has 0 radical (unpaired) electrons. The summed E-state index contributed by atoms with van der Waals surface area (Å²) < 4.78 is 0. The molecule has 2 fully saturated rings. The monoisotopic (exact) mass is 869 g/mol. The molecule has 22 nitrogen and oxygen atoms in total. The van der Waals surface area contributed by atoms with E-state index in [-0.39, 0.29) is 44.3 Å². The summed E-state index contributed by atoms with van der Waals surface area (Å²) in [4.78, 5) is 120. The lowest BCUT2D eigenvalue weighted by molar-refractivity contribution is -0.147. The molecular formula is C39H67N9O13. The number of aliphatic hydroxyl groups excluding tert-OH is 3. The third-order valence-electron chi connectivity index (χ3n) is 10.7. The van der Waals surface area contributed by atoms with Gasteiger partial charge >= 0.3 is 5.97 Å². The summed E-state index contributed by atoms with van der Waals surface area (Å²) in [7, 11) is 0. The van der Waals surface area contributed by atoms with Gasteiger partial charge in [-0.15, -0.1) is 0 Å². The minimum Gasteiger partial charge on any atom is -0.480 e. The molecule has 0 aromatic rings. The van der Waals surface area contributed by atoms with E-state index in [2.05, 4.69) is 31.9 Å². The number of nitrogens with two attached hydrogens (primary N) is 1. The summed E-state index contributed by atoms with van der Waals surface area (Å²) in [6.45, 7) is 7.86. The summed E-state index contributed by atoms with van der Waals surface area (Å²) in [5.74, 6) is -8.08. The van der Waals surface area contributed by atoms with Crippen LogP contribution in [0.4, 0.5) is 0 Å². The van der Waals surface area contributed by atoms with Gasteiger partial charge in [0.25, 0.3) is 0 Å². The van der Waals surface area contributed by atoms with E-state index >= 15 is 0 Å². The fourth-order valence-corrected chi connectivity index (χ4v) is 7.13. The Bertz CT molecular complexity index is 1560. The van der Waals surface area contributed by atoms with Crippen LogP contribution in [0.5, 0.6) is 0 Å². The highest BCUT2D eigenvalue weighted by atomic mass is 16.4. The topological polar surface area (TPSA) is 339 Å². The van der Waals surface area contributed by atoms with E-state index in [1.807, 2.05) is 13.8 Å². The Morgan fingerprint density at radius 2 is 1.08 bits per heavy atom. The summed E-state index contributed by atoms with van der Waals surface area (Å²) in [5.41, 5.74) is 5.93. The van der Waals surface area contributed by atoms with Crippen molar-refractivity contribution in [3.05, 3.63) is 0 Å². The fourth-order valence-electron chi connectivity index (χ4n) is 7.13. The number of likely N-dealkylation sites (tertiary alicyclic amines) is 2. The maximum Gasteiger partial charge on any atom is 0.326 e. The average molecular weight is 870 g/mol. The van der Waals surface area contributed by atoms with Crippen LogP contribution in [0.15, 0.2) is 0 Å². The largest absolute Gasteiger partial charge is 0.480 e.